The lowest BCUT2D eigenvalue weighted by Crippen LogP contribution is -2.39. The molecule has 0 bridgehead atoms. The SMILES string of the molecule is CC(C)C1(C(=O)O)CCN(C2CCc3cc(Br)ccc32)C1. The molecular formula is C17H22BrNO2. The molecule has 114 valence electrons. The summed E-state index contributed by atoms with van der Waals surface area (Å²) in [7, 11) is 0. The zero-order chi connectivity index (χ0) is 15.2. The van der Waals surface area contributed by atoms with Crippen molar-refractivity contribution in [1.29, 1.82) is 0 Å². The van der Waals surface area contributed by atoms with Crippen LogP contribution in [0, 0.1) is 11.3 Å². The fourth-order valence-electron chi connectivity index (χ4n) is 3.97. The first kappa shape index (κ1) is 15.0. The van der Waals surface area contributed by atoms with Gasteiger partial charge in [0.25, 0.3) is 0 Å². The molecule has 0 spiro atoms. The normalized spacial score (nSPS) is 29.0. The summed E-state index contributed by atoms with van der Waals surface area (Å²) in [5.41, 5.74) is 2.23. The van der Waals surface area contributed by atoms with Gasteiger partial charge in [0.05, 0.1) is 5.41 Å². The fourth-order valence-corrected chi connectivity index (χ4v) is 4.37. The number of carboxylic acids is 1. The molecule has 3 nitrogen and oxygen atoms in total. The van der Waals surface area contributed by atoms with Gasteiger partial charge in [-0.05, 0) is 55.0 Å². The minimum absolute atomic E-state index is 0.172. The molecule has 3 rings (SSSR count). The van der Waals surface area contributed by atoms with Gasteiger partial charge in [-0.15, -0.1) is 0 Å². The predicted octanol–water partition coefficient (Wildman–Crippen LogP) is 3.87. The number of carboxylic acid groups (broad SMARTS) is 1. The van der Waals surface area contributed by atoms with E-state index in [0.29, 0.717) is 12.6 Å². The maximum Gasteiger partial charge on any atom is 0.311 e. The molecule has 0 radical (unpaired) electrons. The van der Waals surface area contributed by atoms with Crippen molar-refractivity contribution in [3.05, 3.63) is 33.8 Å². The van der Waals surface area contributed by atoms with Gasteiger partial charge in [-0.1, -0.05) is 35.8 Å². The van der Waals surface area contributed by atoms with Crippen LogP contribution in [0.4, 0.5) is 0 Å². The van der Waals surface area contributed by atoms with Gasteiger partial charge in [0, 0.05) is 17.1 Å². The predicted molar refractivity (Wildman–Crippen MR) is 86.3 cm³/mol. The highest BCUT2D eigenvalue weighted by atomic mass is 79.9. The summed E-state index contributed by atoms with van der Waals surface area (Å²) in [5.74, 6) is -0.459. The van der Waals surface area contributed by atoms with Gasteiger partial charge in [0.2, 0.25) is 0 Å². The van der Waals surface area contributed by atoms with E-state index in [-0.39, 0.29) is 5.92 Å². The molecule has 2 aliphatic rings. The van der Waals surface area contributed by atoms with Gasteiger partial charge in [0.15, 0.2) is 0 Å². The first-order chi connectivity index (χ1) is 9.94. The van der Waals surface area contributed by atoms with Gasteiger partial charge < -0.3 is 5.11 Å². The number of likely N-dealkylation sites (tertiary alicyclic amines) is 1. The quantitative estimate of drug-likeness (QED) is 0.898. The molecular weight excluding hydrogens is 330 g/mol. The lowest BCUT2D eigenvalue weighted by Gasteiger charge is -2.31. The number of nitrogens with zero attached hydrogens (tertiary/aromatic N) is 1. The van der Waals surface area contributed by atoms with E-state index in [1.54, 1.807) is 0 Å². The Bertz CT molecular complexity index is 572. The van der Waals surface area contributed by atoms with Crippen LogP contribution >= 0.6 is 15.9 Å². The van der Waals surface area contributed by atoms with Crippen molar-refractivity contribution in [2.45, 2.75) is 39.2 Å². The molecule has 1 aromatic carbocycles. The topological polar surface area (TPSA) is 40.5 Å². The number of aryl methyl sites for hydroxylation is 1. The molecule has 2 unspecified atom stereocenters. The summed E-state index contributed by atoms with van der Waals surface area (Å²) in [6, 6.07) is 6.90. The third-order valence-corrected chi connectivity index (χ3v) is 5.95. The van der Waals surface area contributed by atoms with Gasteiger partial charge in [-0.2, -0.15) is 0 Å². The first-order valence-corrected chi connectivity index (χ1v) is 8.49. The maximum atomic E-state index is 11.8. The first-order valence-electron chi connectivity index (χ1n) is 7.70. The largest absolute Gasteiger partial charge is 0.481 e. The molecule has 1 N–H and O–H groups in total. The number of carbonyl (C=O) groups is 1. The second-order valence-electron chi connectivity index (χ2n) is 6.73. The van der Waals surface area contributed by atoms with E-state index >= 15 is 0 Å². The van der Waals surface area contributed by atoms with Crippen LogP contribution < -0.4 is 0 Å². The van der Waals surface area contributed by atoms with E-state index < -0.39 is 11.4 Å². The summed E-state index contributed by atoms with van der Waals surface area (Å²) in [6.07, 6.45) is 2.97. The monoisotopic (exact) mass is 351 g/mol. The molecule has 1 aliphatic carbocycles. The van der Waals surface area contributed by atoms with E-state index in [9.17, 15) is 9.90 Å². The second kappa shape index (κ2) is 5.40. The van der Waals surface area contributed by atoms with Crippen molar-refractivity contribution in [1.82, 2.24) is 4.90 Å². The van der Waals surface area contributed by atoms with Crippen molar-refractivity contribution >= 4 is 21.9 Å². The molecule has 0 amide bonds. The number of rotatable bonds is 3. The molecule has 2 atom stereocenters. The Kier molecular flexibility index (Phi) is 3.87. The zero-order valence-corrected chi connectivity index (χ0v) is 14.2. The summed E-state index contributed by atoms with van der Waals surface area (Å²) < 4.78 is 1.13. The van der Waals surface area contributed by atoms with Crippen LogP contribution in [-0.4, -0.2) is 29.1 Å². The van der Waals surface area contributed by atoms with Crippen LogP contribution in [0.2, 0.25) is 0 Å². The zero-order valence-electron chi connectivity index (χ0n) is 12.6. The number of hydrogen-bond donors (Lipinski definition) is 1. The van der Waals surface area contributed by atoms with Crippen LogP contribution in [-0.2, 0) is 11.2 Å². The number of fused-ring (bicyclic) bond motifs is 1. The van der Waals surface area contributed by atoms with Crippen molar-refractivity contribution in [2.24, 2.45) is 11.3 Å². The third kappa shape index (κ3) is 2.42. The Morgan fingerprint density at radius 2 is 2.24 bits per heavy atom. The van der Waals surface area contributed by atoms with E-state index in [0.717, 1.165) is 30.3 Å². The summed E-state index contributed by atoms with van der Waals surface area (Å²) >= 11 is 3.53. The van der Waals surface area contributed by atoms with Crippen molar-refractivity contribution < 1.29 is 9.90 Å². The highest BCUT2D eigenvalue weighted by Crippen LogP contribution is 2.45. The third-order valence-electron chi connectivity index (χ3n) is 5.45. The summed E-state index contributed by atoms with van der Waals surface area (Å²) in [6.45, 7) is 5.65. The lowest BCUT2D eigenvalue weighted by atomic mass is 9.76. The van der Waals surface area contributed by atoms with Crippen molar-refractivity contribution in [3.8, 4) is 0 Å². The van der Waals surface area contributed by atoms with Crippen LogP contribution in [0.1, 0.15) is 43.9 Å². The maximum absolute atomic E-state index is 11.8. The van der Waals surface area contributed by atoms with Crippen LogP contribution in [0.15, 0.2) is 22.7 Å². The molecule has 21 heavy (non-hydrogen) atoms. The van der Waals surface area contributed by atoms with Crippen molar-refractivity contribution in [2.75, 3.05) is 13.1 Å². The average molecular weight is 352 g/mol. The highest BCUT2D eigenvalue weighted by molar-refractivity contribution is 9.10. The van der Waals surface area contributed by atoms with E-state index in [2.05, 4.69) is 39.0 Å². The van der Waals surface area contributed by atoms with E-state index in [4.69, 9.17) is 0 Å². The van der Waals surface area contributed by atoms with Crippen LogP contribution in [0.5, 0.6) is 0 Å². The van der Waals surface area contributed by atoms with Gasteiger partial charge in [0.1, 0.15) is 0 Å². The minimum Gasteiger partial charge on any atom is -0.481 e. The van der Waals surface area contributed by atoms with E-state index in [1.807, 2.05) is 13.8 Å². The summed E-state index contributed by atoms with van der Waals surface area (Å²) in [4.78, 5) is 14.2. The number of aliphatic carboxylic acids is 1. The van der Waals surface area contributed by atoms with E-state index in [1.165, 1.54) is 11.1 Å². The molecule has 1 aliphatic heterocycles. The molecule has 1 saturated heterocycles. The van der Waals surface area contributed by atoms with Gasteiger partial charge >= 0.3 is 5.97 Å². The lowest BCUT2D eigenvalue weighted by molar-refractivity contribution is -0.151. The average Bonchev–Trinajstić information content (AvgIpc) is 3.01. The van der Waals surface area contributed by atoms with Crippen LogP contribution in [0.25, 0.3) is 0 Å². The molecule has 0 aromatic heterocycles. The standard InChI is InChI=1S/C17H22BrNO2/c1-11(2)17(16(20)21)7-8-19(10-17)15-6-3-12-9-13(18)4-5-14(12)15/h4-5,9,11,15H,3,6-8,10H2,1-2H3,(H,20,21). The van der Waals surface area contributed by atoms with Gasteiger partial charge in [-0.25, -0.2) is 0 Å². The second-order valence-corrected chi connectivity index (χ2v) is 7.65. The smallest absolute Gasteiger partial charge is 0.311 e. The molecule has 1 aromatic rings. The Hall–Kier alpha value is -0.870. The Morgan fingerprint density at radius 3 is 2.86 bits per heavy atom. The number of halogens is 1. The molecule has 1 fully saturated rings. The Labute approximate surface area is 134 Å². The Morgan fingerprint density at radius 1 is 1.48 bits per heavy atom. The molecule has 4 heteroatoms. The number of hydrogen-bond acceptors (Lipinski definition) is 2. The summed E-state index contributed by atoms with van der Waals surface area (Å²) in [5, 5.41) is 9.69. The Balaban J connectivity index is 1.84. The number of benzene rings is 1. The minimum atomic E-state index is -0.631. The molecule has 1 heterocycles. The van der Waals surface area contributed by atoms with Crippen molar-refractivity contribution in [3.63, 3.8) is 0 Å². The fraction of sp³-hybridized carbons (Fsp3) is 0.588. The van der Waals surface area contributed by atoms with Gasteiger partial charge in [-0.3, -0.25) is 9.69 Å². The van der Waals surface area contributed by atoms with Crippen LogP contribution in [0.3, 0.4) is 0 Å². The molecule has 0 saturated carbocycles. The highest BCUT2D eigenvalue weighted by Gasteiger charge is 2.49.